The van der Waals surface area contributed by atoms with Gasteiger partial charge in [-0.1, -0.05) is 65.1 Å². The van der Waals surface area contributed by atoms with Crippen LogP contribution in [0.25, 0.3) is 0 Å². The van der Waals surface area contributed by atoms with Gasteiger partial charge < -0.3 is 14.2 Å². The van der Waals surface area contributed by atoms with E-state index in [0.29, 0.717) is 82.5 Å². The van der Waals surface area contributed by atoms with Crippen molar-refractivity contribution in [2.45, 2.75) is 24.6 Å². The normalized spacial score (nSPS) is 15.9. The third kappa shape index (κ3) is 13.1. The molecule has 0 atom stereocenters. The van der Waals surface area contributed by atoms with Crippen LogP contribution >= 0.6 is 34.8 Å². The van der Waals surface area contributed by atoms with E-state index in [9.17, 15) is 36.5 Å². The number of esters is 2. The lowest BCUT2D eigenvalue weighted by molar-refractivity contribution is -0.385. The van der Waals surface area contributed by atoms with Gasteiger partial charge in [-0.25, -0.2) is 26.4 Å². The highest BCUT2D eigenvalue weighted by atomic mass is 35.5. The highest BCUT2D eigenvalue weighted by Crippen LogP contribution is 2.28. The molecular formula is C40H42Cl3N5O11S2. The van der Waals surface area contributed by atoms with E-state index in [1.54, 1.807) is 66.7 Å². The summed E-state index contributed by atoms with van der Waals surface area (Å²) in [4.78, 5) is 40.2. The van der Waals surface area contributed by atoms with Crippen molar-refractivity contribution in [1.82, 2.24) is 18.4 Å². The van der Waals surface area contributed by atoms with E-state index < -0.39 is 55.9 Å². The van der Waals surface area contributed by atoms with Crippen LogP contribution in [0.2, 0.25) is 15.1 Å². The molecule has 6 rings (SSSR count). The molecule has 0 saturated carbocycles. The Bertz CT molecular complexity index is 2460. The maximum atomic E-state index is 13.2. The van der Waals surface area contributed by atoms with Crippen LogP contribution in [-0.4, -0.2) is 118 Å². The summed E-state index contributed by atoms with van der Waals surface area (Å²) in [6.45, 7) is 1.92. The van der Waals surface area contributed by atoms with Crippen LogP contribution in [0.5, 0.6) is 11.5 Å². The van der Waals surface area contributed by atoms with E-state index in [-0.39, 0.29) is 43.2 Å². The number of sulfonamides is 2. The molecule has 2 saturated heterocycles. The third-order valence-corrected chi connectivity index (χ3v) is 14.3. The predicted molar refractivity (Wildman–Crippen MR) is 228 cm³/mol. The second-order valence-corrected chi connectivity index (χ2v) is 19.6. The zero-order valence-corrected chi connectivity index (χ0v) is 36.6. The number of ether oxygens (including phenoxy) is 3. The van der Waals surface area contributed by atoms with Crippen molar-refractivity contribution in [1.29, 1.82) is 0 Å². The summed E-state index contributed by atoms with van der Waals surface area (Å²) in [5.41, 5.74) is 1.73. The average Bonchev–Trinajstić information content (AvgIpc) is 3.20. The summed E-state index contributed by atoms with van der Waals surface area (Å²) in [6.07, 6.45) is 0. The summed E-state index contributed by atoms with van der Waals surface area (Å²) in [6, 6.07) is 22.2. The molecule has 0 aliphatic carbocycles. The minimum absolute atomic E-state index is 0.112. The summed E-state index contributed by atoms with van der Waals surface area (Å²) in [5, 5.41) is 12.7. The van der Waals surface area contributed by atoms with Gasteiger partial charge in [0.1, 0.15) is 11.5 Å². The first kappa shape index (κ1) is 46.1. The molecule has 2 fully saturated rings. The Labute approximate surface area is 368 Å². The predicted octanol–water partition coefficient (Wildman–Crippen LogP) is 5.38. The van der Waals surface area contributed by atoms with E-state index in [1.165, 1.54) is 26.8 Å². The van der Waals surface area contributed by atoms with Crippen LogP contribution in [0.15, 0.2) is 84.9 Å². The van der Waals surface area contributed by atoms with Crippen molar-refractivity contribution < 1.29 is 45.6 Å². The topological polar surface area (TPSA) is 186 Å². The molecule has 2 aliphatic heterocycles. The van der Waals surface area contributed by atoms with Crippen LogP contribution in [-0.2, 0) is 59.0 Å². The number of para-hydroxylation sites is 1. The molecule has 16 nitrogen and oxygen atoms in total. The molecule has 0 bridgehead atoms. The third-order valence-electron chi connectivity index (χ3n) is 9.97. The molecule has 4 aromatic rings. The Morgan fingerprint density at radius 2 is 1.07 bits per heavy atom. The smallest absolute Gasteiger partial charge is 0.351 e. The number of nitrogens with zero attached hydrogens (tertiary/aromatic N) is 5. The van der Waals surface area contributed by atoms with Crippen LogP contribution in [0.3, 0.4) is 0 Å². The Morgan fingerprint density at radius 1 is 0.590 bits per heavy atom. The molecule has 0 N–H and O–H groups in total. The highest BCUT2D eigenvalue weighted by molar-refractivity contribution is 7.88. The van der Waals surface area contributed by atoms with E-state index in [1.807, 2.05) is 9.80 Å². The van der Waals surface area contributed by atoms with Crippen molar-refractivity contribution in [3.8, 4) is 11.5 Å². The number of carbonyl (C=O) groups excluding carboxylic acids is 2. The molecule has 0 radical (unpaired) electrons. The molecule has 21 heteroatoms. The van der Waals surface area contributed by atoms with Gasteiger partial charge in [0.25, 0.3) is 5.69 Å². The fourth-order valence-corrected chi connectivity index (χ4v) is 10.6. The number of nitro groups is 1. The maximum absolute atomic E-state index is 13.2. The van der Waals surface area contributed by atoms with Gasteiger partial charge in [-0.3, -0.25) is 19.9 Å². The van der Waals surface area contributed by atoms with Crippen molar-refractivity contribution >= 4 is 72.5 Å². The lowest BCUT2D eigenvalue weighted by Gasteiger charge is -2.34. The second-order valence-electron chi connectivity index (χ2n) is 14.3. The molecular weight excluding hydrogens is 897 g/mol. The largest absolute Gasteiger partial charge is 0.482 e. The number of halogens is 3. The Hall–Kier alpha value is -4.37. The lowest BCUT2D eigenvalue weighted by Crippen LogP contribution is -2.48. The first-order valence-electron chi connectivity index (χ1n) is 19.0. The monoisotopic (exact) mass is 937 g/mol. The van der Waals surface area contributed by atoms with Crippen LogP contribution in [0.1, 0.15) is 22.3 Å². The van der Waals surface area contributed by atoms with Crippen molar-refractivity contribution in [3.05, 3.63) is 132 Å². The van der Waals surface area contributed by atoms with Crippen molar-refractivity contribution in [2.24, 2.45) is 0 Å². The number of piperazine rings is 2. The van der Waals surface area contributed by atoms with Gasteiger partial charge >= 0.3 is 11.9 Å². The minimum Gasteiger partial charge on any atom is -0.482 e. The first-order chi connectivity index (χ1) is 29.0. The molecule has 2 aliphatic rings. The number of benzene rings is 4. The van der Waals surface area contributed by atoms with Crippen LogP contribution < -0.4 is 9.47 Å². The van der Waals surface area contributed by atoms with Gasteiger partial charge in [0.2, 0.25) is 20.0 Å². The van der Waals surface area contributed by atoms with Gasteiger partial charge in [0.05, 0.1) is 16.4 Å². The second kappa shape index (κ2) is 20.7. The van der Waals surface area contributed by atoms with E-state index in [4.69, 9.17) is 49.0 Å². The van der Waals surface area contributed by atoms with Crippen LogP contribution in [0, 0.1) is 10.1 Å². The quantitative estimate of drug-likeness (QED) is 0.0570. The number of carbonyl (C=O) groups is 2. The Kier molecular flexibility index (Phi) is 15.6. The minimum atomic E-state index is -3.84. The van der Waals surface area contributed by atoms with E-state index in [0.717, 1.165) is 0 Å². The fraction of sp³-hybridized carbons (Fsp3) is 0.350. The summed E-state index contributed by atoms with van der Waals surface area (Å²) in [5.74, 6) is -1.93. The van der Waals surface area contributed by atoms with Crippen molar-refractivity contribution in [2.75, 3.05) is 65.6 Å². The molecule has 0 spiro atoms. The number of hydrogen-bond donors (Lipinski definition) is 0. The summed E-state index contributed by atoms with van der Waals surface area (Å²) in [7, 11) is -7.40. The average molecular weight is 939 g/mol. The SMILES string of the molecule is O=C(COc1ccc(Cl)cc1CN1CCN(S(=O)(=O)Cc2cccc(Cl)c2)CC1)OC(=O)COc1ccc(Cl)cc1CN1CCN(S(=O)(=O)Cc2ccccc2[N+](=O)[O-])CC1. The van der Waals surface area contributed by atoms with E-state index in [2.05, 4.69) is 0 Å². The zero-order chi connectivity index (χ0) is 43.7. The van der Waals surface area contributed by atoms with Crippen molar-refractivity contribution in [3.63, 3.8) is 0 Å². The molecule has 2 heterocycles. The maximum Gasteiger partial charge on any atom is 0.351 e. The van der Waals surface area contributed by atoms with Gasteiger partial charge in [-0.2, -0.15) is 8.61 Å². The Morgan fingerprint density at radius 3 is 1.56 bits per heavy atom. The van der Waals surface area contributed by atoms with Gasteiger partial charge in [-0.15, -0.1) is 0 Å². The number of rotatable bonds is 17. The number of nitro benzene ring substituents is 1. The standard InChI is InChI=1S/C40H42Cl3N5O11S2/c41-33-6-3-4-29(20-33)27-60(53,54)46-16-12-44(13-17-46)23-31-21-34(42)8-10-37(31)57-25-39(49)59-40(50)26-58-38-11-9-35(43)22-32(38)24-45-14-18-47(19-15-45)61(55,56)28-30-5-1-2-7-36(30)48(51)52/h1-11,20-22H,12-19,23-28H2. The fourth-order valence-electron chi connectivity index (χ4n) is 6.92. The zero-order valence-electron chi connectivity index (χ0n) is 32.7. The molecule has 61 heavy (non-hydrogen) atoms. The summed E-state index contributed by atoms with van der Waals surface area (Å²) >= 11 is 18.6. The Balaban J connectivity index is 0.954. The molecule has 0 amide bonds. The summed E-state index contributed by atoms with van der Waals surface area (Å²) < 4.78 is 71.7. The van der Waals surface area contributed by atoms with Gasteiger partial charge in [0.15, 0.2) is 13.2 Å². The van der Waals surface area contributed by atoms with Gasteiger partial charge in [0, 0.05) is 103 Å². The molecule has 0 unspecified atom stereocenters. The molecule has 4 aromatic carbocycles. The highest BCUT2D eigenvalue weighted by Gasteiger charge is 2.31. The van der Waals surface area contributed by atoms with Crippen LogP contribution in [0.4, 0.5) is 5.69 Å². The van der Waals surface area contributed by atoms with E-state index >= 15 is 0 Å². The molecule has 326 valence electrons. The van der Waals surface area contributed by atoms with Gasteiger partial charge in [-0.05, 0) is 54.1 Å². The first-order valence-corrected chi connectivity index (χ1v) is 23.3. The lowest BCUT2D eigenvalue weighted by atomic mass is 10.1. The number of hydrogen-bond acceptors (Lipinski definition) is 13. The molecule has 0 aromatic heterocycles.